The molecule has 7 nitrogen and oxygen atoms in total. The van der Waals surface area contributed by atoms with Gasteiger partial charge in [0.25, 0.3) is 11.6 Å². The summed E-state index contributed by atoms with van der Waals surface area (Å²) < 4.78 is 0. The van der Waals surface area contributed by atoms with Crippen LogP contribution in [0.3, 0.4) is 0 Å². The molecule has 1 aromatic heterocycles. The number of nitrogens with zero attached hydrogens (tertiary/aromatic N) is 2. The maximum atomic E-state index is 11.8. The van der Waals surface area contributed by atoms with Gasteiger partial charge in [-0.15, -0.1) is 0 Å². The lowest BCUT2D eigenvalue weighted by atomic mass is 10.2. The third kappa shape index (κ3) is 3.39. The van der Waals surface area contributed by atoms with Gasteiger partial charge in [-0.1, -0.05) is 11.6 Å². The Hall–Kier alpha value is -1.73. The number of hydrogen-bond donors (Lipinski definition) is 2. The van der Waals surface area contributed by atoms with Crippen molar-refractivity contribution in [3.8, 4) is 0 Å². The number of halogens is 1. The molecule has 8 heteroatoms. The number of rotatable bonds is 5. The smallest absolute Gasteiger partial charge is 0.288 e. The van der Waals surface area contributed by atoms with Crippen LogP contribution >= 0.6 is 11.6 Å². The van der Waals surface area contributed by atoms with Gasteiger partial charge in [0.2, 0.25) is 0 Å². The van der Waals surface area contributed by atoms with Crippen molar-refractivity contribution in [2.75, 3.05) is 6.54 Å². The molecule has 1 fully saturated rings. The Morgan fingerprint density at radius 2 is 2.37 bits per heavy atom. The largest absolute Gasteiger partial charge is 0.391 e. The second kappa shape index (κ2) is 5.50. The van der Waals surface area contributed by atoms with Crippen LogP contribution in [0.15, 0.2) is 12.3 Å². The lowest BCUT2D eigenvalue weighted by molar-refractivity contribution is -0.385. The number of nitro groups is 1. The van der Waals surface area contributed by atoms with Crippen molar-refractivity contribution in [2.24, 2.45) is 5.92 Å². The number of amides is 1. The third-order valence-corrected chi connectivity index (χ3v) is 3.22. The summed E-state index contributed by atoms with van der Waals surface area (Å²) in [4.78, 5) is 25.4. The molecular weight excluding hydrogens is 274 g/mol. The summed E-state index contributed by atoms with van der Waals surface area (Å²) >= 11 is 5.73. The first kappa shape index (κ1) is 13.7. The number of hydrogen-bond acceptors (Lipinski definition) is 5. The zero-order valence-corrected chi connectivity index (χ0v) is 10.6. The van der Waals surface area contributed by atoms with Gasteiger partial charge < -0.3 is 10.4 Å². The molecule has 1 aliphatic carbocycles. The molecule has 1 heterocycles. The molecule has 102 valence electrons. The van der Waals surface area contributed by atoms with Crippen molar-refractivity contribution in [1.82, 2.24) is 10.3 Å². The van der Waals surface area contributed by atoms with E-state index < -0.39 is 16.9 Å². The second-order valence-corrected chi connectivity index (χ2v) is 4.76. The molecule has 2 rings (SSSR count). The number of nitrogens with one attached hydrogen (secondary N) is 1. The fourth-order valence-electron chi connectivity index (χ4n) is 1.64. The van der Waals surface area contributed by atoms with Crippen LogP contribution in [0.4, 0.5) is 5.69 Å². The molecule has 0 bridgehead atoms. The van der Waals surface area contributed by atoms with Crippen LogP contribution in [0.5, 0.6) is 0 Å². The van der Waals surface area contributed by atoms with Gasteiger partial charge in [-0.2, -0.15) is 0 Å². The molecule has 0 radical (unpaired) electrons. The maximum absolute atomic E-state index is 11.8. The molecule has 19 heavy (non-hydrogen) atoms. The highest BCUT2D eigenvalue weighted by atomic mass is 35.5. The van der Waals surface area contributed by atoms with Crippen molar-refractivity contribution in [3.63, 3.8) is 0 Å². The molecular formula is C11H12ClN3O4. The minimum atomic E-state index is -0.654. The molecule has 1 aliphatic rings. The van der Waals surface area contributed by atoms with Gasteiger partial charge in [-0.05, 0) is 18.8 Å². The highest BCUT2D eigenvalue weighted by Crippen LogP contribution is 2.32. The van der Waals surface area contributed by atoms with Gasteiger partial charge in [-0.3, -0.25) is 14.9 Å². The molecule has 0 saturated heterocycles. The summed E-state index contributed by atoms with van der Waals surface area (Å²) in [7, 11) is 0. The predicted octanol–water partition coefficient (Wildman–Crippen LogP) is 1.14. The van der Waals surface area contributed by atoms with Gasteiger partial charge >= 0.3 is 0 Å². The Bertz CT molecular complexity index is 519. The van der Waals surface area contributed by atoms with E-state index in [1.165, 1.54) is 0 Å². The fourth-order valence-corrected chi connectivity index (χ4v) is 1.83. The van der Waals surface area contributed by atoms with Crippen molar-refractivity contribution in [1.29, 1.82) is 0 Å². The lowest BCUT2D eigenvalue weighted by Gasteiger charge is -2.10. The first-order chi connectivity index (χ1) is 8.99. The summed E-state index contributed by atoms with van der Waals surface area (Å²) in [5.41, 5.74) is -0.379. The summed E-state index contributed by atoms with van der Waals surface area (Å²) in [6.45, 7) is 0.0997. The van der Waals surface area contributed by atoms with Gasteiger partial charge in [0, 0.05) is 12.6 Å². The molecule has 1 unspecified atom stereocenters. The van der Waals surface area contributed by atoms with E-state index in [1.54, 1.807) is 0 Å². The lowest BCUT2D eigenvalue weighted by Crippen LogP contribution is -2.33. The second-order valence-electron chi connectivity index (χ2n) is 4.40. The molecule has 1 atom stereocenters. The van der Waals surface area contributed by atoms with E-state index in [4.69, 9.17) is 11.6 Å². The molecule has 0 aliphatic heterocycles. The van der Waals surface area contributed by atoms with Gasteiger partial charge in [0.05, 0.1) is 16.6 Å². The Morgan fingerprint density at radius 1 is 1.68 bits per heavy atom. The van der Waals surface area contributed by atoms with Crippen LogP contribution in [0.25, 0.3) is 0 Å². The van der Waals surface area contributed by atoms with Gasteiger partial charge in [0.15, 0.2) is 0 Å². The number of aliphatic hydroxyl groups is 1. The minimum absolute atomic E-state index is 0.0705. The van der Waals surface area contributed by atoms with E-state index in [-0.39, 0.29) is 28.9 Å². The van der Waals surface area contributed by atoms with Crippen molar-refractivity contribution >= 4 is 23.2 Å². The maximum Gasteiger partial charge on any atom is 0.288 e. The van der Waals surface area contributed by atoms with E-state index in [9.17, 15) is 20.0 Å². The Kier molecular flexibility index (Phi) is 3.96. The first-order valence-electron chi connectivity index (χ1n) is 5.75. The van der Waals surface area contributed by atoms with E-state index in [0.29, 0.717) is 0 Å². The van der Waals surface area contributed by atoms with Crippen molar-refractivity contribution in [2.45, 2.75) is 18.9 Å². The topological polar surface area (TPSA) is 105 Å². The molecule has 1 saturated carbocycles. The quantitative estimate of drug-likeness (QED) is 0.479. The highest BCUT2D eigenvalue weighted by molar-refractivity contribution is 6.32. The summed E-state index contributed by atoms with van der Waals surface area (Å²) in [6.07, 6.45) is 2.30. The summed E-state index contributed by atoms with van der Waals surface area (Å²) in [6, 6.07) is 1.06. The minimum Gasteiger partial charge on any atom is -0.391 e. The average molecular weight is 286 g/mol. The van der Waals surface area contributed by atoms with Crippen LogP contribution in [0.2, 0.25) is 5.15 Å². The molecule has 1 aromatic rings. The number of aliphatic hydroxyl groups excluding tert-OH is 1. The normalized spacial score (nSPS) is 15.9. The van der Waals surface area contributed by atoms with Crippen LogP contribution < -0.4 is 5.32 Å². The number of carbonyl (C=O) groups is 1. The predicted molar refractivity (Wildman–Crippen MR) is 67.0 cm³/mol. The third-order valence-electron chi connectivity index (χ3n) is 2.92. The summed E-state index contributed by atoms with van der Waals surface area (Å²) in [5, 5.41) is 22.6. The van der Waals surface area contributed by atoms with Crippen LogP contribution in [0.1, 0.15) is 23.2 Å². The zero-order chi connectivity index (χ0) is 14.0. The number of aromatic nitrogens is 1. The Morgan fingerprint density at radius 3 is 2.95 bits per heavy atom. The van der Waals surface area contributed by atoms with Crippen LogP contribution in [-0.4, -0.2) is 33.6 Å². The van der Waals surface area contributed by atoms with Gasteiger partial charge in [0.1, 0.15) is 11.3 Å². The highest BCUT2D eigenvalue weighted by Gasteiger charge is 2.30. The Labute approximate surface area is 113 Å². The van der Waals surface area contributed by atoms with Crippen molar-refractivity contribution < 1.29 is 14.8 Å². The van der Waals surface area contributed by atoms with Crippen LogP contribution in [-0.2, 0) is 0 Å². The summed E-state index contributed by atoms with van der Waals surface area (Å²) in [5.74, 6) is -0.347. The number of carbonyl (C=O) groups excluding carboxylic acids is 1. The van der Waals surface area contributed by atoms with E-state index in [1.807, 2.05) is 0 Å². The first-order valence-corrected chi connectivity index (χ1v) is 6.13. The molecule has 0 aromatic carbocycles. The number of pyridine rings is 1. The molecule has 1 amide bonds. The molecule has 0 spiro atoms. The SMILES string of the molecule is O=C(NCC(O)C1CC1)c1cc([N+](=O)[O-])cnc1Cl. The van der Waals surface area contributed by atoms with E-state index in [0.717, 1.165) is 25.1 Å². The van der Waals surface area contributed by atoms with E-state index >= 15 is 0 Å². The Balaban J connectivity index is 2.04. The fraction of sp³-hybridized carbons (Fsp3) is 0.455. The van der Waals surface area contributed by atoms with Crippen LogP contribution in [0, 0.1) is 16.0 Å². The molecule has 2 N–H and O–H groups in total. The monoisotopic (exact) mass is 285 g/mol. The standard InChI is InChI=1S/C11H12ClN3O4/c12-10-8(3-7(4-13-10)15(18)19)11(17)14-5-9(16)6-1-2-6/h3-4,6,9,16H,1-2,5H2,(H,14,17). The van der Waals surface area contributed by atoms with Gasteiger partial charge in [-0.25, -0.2) is 4.98 Å². The van der Waals surface area contributed by atoms with Crippen molar-refractivity contribution in [3.05, 3.63) is 33.1 Å². The zero-order valence-electron chi connectivity index (χ0n) is 9.88. The van der Waals surface area contributed by atoms with E-state index in [2.05, 4.69) is 10.3 Å². The average Bonchev–Trinajstić information content (AvgIpc) is 3.20.